The van der Waals surface area contributed by atoms with Crippen LogP contribution in [0.3, 0.4) is 0 Å². The Kier molecular flexibility index (Phi) is 17.4. The van der Waals surface area contributed by atoms with Crippen molar-refractivity contribution in [1.29, 1.82) is 0 Å². The summed E-state index contributed by atoms with van der Waals surface area (Å²) >= 11 is 11.8. The van der Waals surface area contributed by atoms with Gasteiger partial charge in [0.15, 0.2) is 31.3 Å². The third-order valence-corrected chi connectivity index (χ3v) is 18.0. The number of sulfone groups is 2. The second-order valence-corrected chi connectivity index (χ2v) is 23.5. The van der Waals surface area contributed by atoms with Gasteiger partial charge in [-0.25, -0.2) is 36.8 Å². The lowest BCUT2D eigenvalue weighted by Crippen LogP contribution is -2.27. The van der Waals surface area contributed by atoms with Crippen LogP contribution in [0.2, 0.25) is 10.0 Å². The minimum atomic E-state index is -3.71. The third kappa shape index (κ3) is 11.8. The molecular weight excluding hydrogens is 1010 g/mol. The number of aromatic nitrogens is 10. The molecular formula is C48H60Cl2N10O10S2. The van der Waals surface area contributed by atoms with Crippen molar-refractivity contribution in [1.82, 2.24) is 49.5 Å². The standard InChI is InChI=1S/2C24H30ClN5O5S/c2*1-14-9-17(12-35-14)24-29-28-21(30(24)22-19(33-4)7-6-8-20(22)34-5)13-36(31,32)16(3)15(2)23-26-10-18(25)11-27-23/h2*6-8,10-11,14-17H,9,12-13H2,1-5H3/t14-,15+,16+,17-;14-,15-,16-,17-/m10/s1. The Labute approximate surface area is 430 Å². The van der Waals surface area contributed by atoms with Crippen LogP contribution >= 0.6 is 23.2 Å². The lowest BCUT2D eigenvalue weighted by Gasteiger charge is -2.21. The van der Waals surface area contributed by atoms with E-state index < -0.39 is 42.0 Å². The summed E-state index contributed by atoms with van der Waals surface area (Å²) in [4.78, 5) is 16.8. The van der Waals surface area contributed by atoms with Crippen molar-refractivity contribution in [2.45, 2.75) is 112 Å². The second kappa shape index (κ2) is 23.1. The first kappa shape index (κ1) is 54.3. The van der Waals surface area contributed by atoms with Crippen molar-refractivity contribution in [3.05, 3.63) is 106 Å². The van der Waals surface area contributed by atoms with Crippen molar-refractivity contribution in [2.75, 3.05) is 41.7 Å². The van der Waals surface area contributed by atoms with Gasteiger partial charge in [-0.2, -0.15) is 0 Å². The van der Waals surface area contributed by atoms with Gasteiger partial charge in [0.1, 0.15) is 69.2 Å². The van der Waals surface area contributed by atoms with Crippen LogP contribution in [-0.2, 0) is 40.7 Å². The molecule has 2 saturated heterocycles. The van der Waals surface area contributed by atoms with Gasteiger partial charge in [-0.15, -0.1) is 20.4 Å². The Morgan fingerprint density at radius 3 is 1.17 bits per heavy atom. The molecule has 4 aromatic heterocycles. The topological polar surface area (TPSA) is 237 Å². The number of para-hydroxylation sites is 2. The molecule has 20 nitrogen and oxygen atoms in total. The maximum absolute atomic E-state index is 13.6. The van der Waals surface area contributed by atoms with Crippen LogP contribution in [0.5, 0.6) is 23.0 Å². The average Bonchev–Trinajstić information content (AvgIpc) is 4.20. The first-order valence-corrected chi connectivity index (χ1v) is 27.4. The second-order valence-electron chi connectivity index (χ2n) is 17.9. The smallest absolute Gasteiger partial charge is 0.160 e. The molecule has 0 N–H and O–H groups in total. The molecule has 0 spiro atoms. The van der Waals surface area contributed by atoms with Gasteiger partial charge in [0.2, 0.25) is 0 Å². The van der Waals surface area contributed by atoms with Crippen molar-refractivity contribution >= 4 is 42.9 Å². The molecule has 0 amide bonds. The Balaban J connectivity index is 0.000000211. The maximum atomic E-state index is 13.6. The first-order valence-electron chi connectivity index (χ1n) is 23.2. The van der Waals surface area contributed by atoms with Crippen LogP contribution in [0, 0.1) is 0 Å². The minimum absolute atomic E-state index is 0.0580. The van der Waals surface area contributed by atoms with E-state index >= 15 is 0 Å². The Morgan fingerprint density at radius 1 is 0.569 bits per heavy atom. The van der Waals surface area contributed by atoms with Crippen molar-refractivity contribution in [2.24, 2.45) is 0 Å². The number of ether oxygens (including phenoxy) is 6. The van der Waals surface area contributed by atoms with Crippen LogP contribution in [0.1, 0.15) is 113 Å². The van der Waals surface area contributed by atoms with E-state index in [0.717, 1.165) is 12.8 Å². The van der Waals surface area contributed by atoms with Gasteiger partial charge in [-0.3, -0.25) is 9.13 Å². The van der Waals surface area contributed by atoms with Crippen LogP contribution in [-0.4, -0.2) is 131 Å². The zero-order valence-corrected chi connectivity index (χ0v) is 44.9. The van der Waals surface area contributed by atoms with E-state index in [1.165, 1.54) is 24.8 Å². The van der Waals surface area contributed by atoms with Gasteiger partial charge in [-0.05, 0) is 64.8 Å². The zero-order chi connectivity index (χ0) is 52.1. The Bertz CT molecular complexity index is 2790. The predicted octanol–water partition coefficient (Wildman–Crippen LogP) is 7.45. The fraction of sp³-hybridized carbons (Fsp3) is 0.500. The number of hydrogen-bond donors (Lipinski definition) is 0. The summed E-state index contributed by atoms with van der Waals surface area (Å²) in [6.07, 6.45) is 7.44. The van der Waals surface area contributed by atoms with Crippen molar-refractivity contribution < 1.29 is 45.3 Å². The fourth-order valence-corrected chi connectivity index (χ4v) is 12.0. The molecule has 8 atom stereocenters. The van der Waals surface area contributed by atoms with Crippen LogP contribution < -0.4 is 18.9 Å². The molecule has 0 aliphatic carbocycles. The summed E-state index contributed by atoms with van der Waals surface area (Å²) in [5.74, 6) is 2.86. The lowest BCUT2D eigenvalue weighted by atomic mass is 10.1. The van der Waals surface area contributed by atoms with E-state index in [1.807, 2.05) is 13.8 Å². The molecule has 6 aromatic rings. The third-order valence-electron chi connectivity index (χ3n) is 13.2. The summed E-state index contributed by atoms with van der Waals surface area (Å²) in [6.45, 7) is 11.8. The number of nitrogens with zero attached hydrogens (tertiary/aromatic N) is 10. The van der Waals surface area contributed by atoms with Gasteiger partial charge in [0.05, 0.1) is 74.4 Å². The molecule has 0 unspecified atom stereocenters. The van der Waals surface area contributed by atoms with Crippen LogP contribution in [0.25, 0.3) is 11.4 Å². The Morgan fingerprint density at radius 2 is 0.889 bits per heavy atom. The summed E-state index contributed by atoms with van der Waals surface area (Å²) in [6, 6.07) is 10.8. The van der Waals surface area contributed by atoms with Gasteiger partial charge in [0.25, 0.3) is 0 Å². The molecule has 72 heavy (non-hydrogen) atoms. The van der Waals surface area contributed by atoms with Crippen molar-refractivity contribution in [3.63, 3.8) is 0 Å². The molecule has 388 valence electrons. The molecule has 0 radical (unpaired) electrons. The summed E-state index contributed by atoms with van der Waals surface area (Å²) in [5, 5.41) is 16.7. The predicted molar refractivity (Wildman–Crippen MR) is 270 cm³/mol. The SMILES string of the molecule is COc1cccc(OC)c1-n1c(CS(=O)(=O)[C@@H](C)[C@H](C)c2ncc(Cl)cn2)nnc1[C@@H]1CO[C@@H](C)C1.COc1cccc(OC)c1-n1c(CS(=O)(=O)[C@@H](C)[C@H](C)c2ncc(Cl)cn2)nnc1[C@H]1CO[C@H](C)C1. The normalized spacial score (nSPS) is 19.7. The first-order chi connectivity index (χ1) is 34.3. The highest BCUT2D eigenvalue weighted by atomic mass is 35.5. The van der Waals surface area contributed by atoms with Crippen LogP contribution in [0.4, 0.5) is 0 Å². The number of benzene rings is 2. The minimum Gasteiger partial charge on any atom is -0.494 e. The fourth-order valence-electron chi connectivity index (χ4n) is 8.74. The van der Waals surface area contributed by atoms with E-state index in [9.17, 15) is 16.8 Å². The van der Waals surface area contributed by atoms with Gasteiger partial charge in [-0.1, -0.05) is 49.2 Å². The van der Waals surface area contributed by atoms with Crippen molar-refractivity contribution in [3.8, 4) is 34.4 Å². The van der Waals surface area contributed by atoms with Gasteiger partial charge in [0, 0.05) is 48.5 Å². The highest BCUT2D eigenvalue weighted by molar-refractivity contribution is 7.91. The molecule has 2 fully saturated rings. The van der Waals surface area contributed by atoms with E-state index in [2.05, 4.69) is 40.3 Å². The number of methoxy groups -OCH3 is 4. The van der Waals surface area contributed by atoms with E-state index in [-0.39, 0.29) is 47.2 Å². The number of rotatable bonds is 18. The van der Waals surface area contributed by atoms with E-state index in [4.69, 9.17) is 51.6 Å². The zero-order valence-electron chi connectivity index (χ0n) is 41.8. The monoisotopic (exact) mass is 1070 g/mol. The molecule has 24 heteroatoms. The molecule has 2 aliphatic heterocycles. The highest BCUT2D eigenvalue weighted by Crippen LogP contribution is 2.40. The molecule has 8 rings (SSSR count). The molecule has 0 bridgehead atoms. The average molecular weight is 1070 g/mol. The van der Waals surface area contributed by atoms with E-state index in [1.54, 1.807) is 102 Å². The molecule has 2 aromatic carbocycles. The number of halogens is 2. The summed E-state index contributed by atoms with van der Waals surface area (Å²) in [7, 11) is -1.22. The maximum Gasteiger partial charge on any atom is 0.160 e. The highest BCUT2D eigenvalue weighted by Gasteiger charge is 2.38. The summed E-state index contributed by atoms with van der Waals surface area (Å²) < 4.78 is 92.0. The van der Waals surface area contributed by atoms with E-state index in [0.29, 0.717) is 80.9 Å². The summed E-state index contributed by atoms with van der Waals surface area (Å²) in [5.41, 5.74) is 1.10. The largest absolute Gasteiger partial charge is 0.494 e. The Hall–Kier alpha value is -5.52. The van der Waals surface area contributed by atoms with Gasteiger partial charge < -0.3 is 28.4 Å². The molecule has 0 saturated carbocycles. The van der Waals surface area contributed by atoms with Gasteiger partial charge >= 0.3 is 0 Å². The molecule has 2 aliphatic rings. The molecule has 6 heterocycles. The lowest BCUT2D eigenvalue weighted by molar-refractivity contribution is 0.123. The van der Waals surface area contributed by atoms with Crippen LogP contribution in [0.15, 0.2) is 61.2 Å². The quantitative estimate of drug-likeness (QED) is 0.0812. The number of hydrogen-bond acceptors (Lipinski definition) is 18.